The normalized spacial score (nSPS) is 24.9. The van der Waals surface area contributed by atoms with E-state index in [-0.39, 0.29) is 0 Å². The minimum atomic E-state index is 0.452. The van der Waals surface area contributed by atoms with E-state index >= 15 is 0 Å². The second kappa shape index (κ2) is 7.95. The summed E-state index contributed by atoms with van der Waals surface area (Å²) in [5, 5.41) is 4.13. The molecule has 3 rings (SSSR count). The molecule has 6 nitrogen and oxygen atoms in total. The summed E-state index contributed by atoms with van der Waals surface area (Å²) in [7, 11) is 3.59. The summed E-state index contributed by atoms with van der Waals surface area (Å²) in [5.41, 5.74) is 1.50. The third-order valence-corrected chi connectivity index (χ3v) is 5.64. The first-order valence-corrected chi connectivity index (χ1v) is 9.01. The number of ether oxygens (including phenoxy) is 2. The van der Waals surface area contributed by atoms with Crippen molar-refractivity contribution in [2.24, 2.45) is 5.41 Å². The molecule has 0 aromatic carbocycles. The molecule has 3 heterocycles. The number of aryl methyl sites for hydroxylation is 1. The molecule has 2 fully saturated rings. The van der Waals surface area contributed by atoms with Crippen LogP contribution >= 0.6 is 0 Å². The Labute approximate surface area is 145 Å². The fourth-order valence-electron chi connectivity index (χ4n) is 4.35. The van der Waals surface area contributed by atoms with E-state index in [1.54, 1.807) is 7.11 Å². The Morgan fingerprint density at radius 2 is 2.08 bits per heavy atom. The zero-order chi connectivity index (χ0) is 17.0. The predicted molar refractivity (Wildman–Crippen MR) is 91.9 cm³/mol. The van der Waals surface area contributed by atoms with E-state index in [1.807, 2.05) is 20.1 Å². The van der Waals surface area contributed by atoms with Gasteiger partial charge in [0, 0.05) is 46.0 Å². The number of piperidine rings is 1. The minimum Gasteiger partial charge on any atom is -0.383 e. The molecule has 1 atom stereocenters. The zero-order valence-electron chi connectivity index (χ0n) is 15.3. The Kier molecular flexibility index (Phi) is 5.92. The maximum Gasteiger partial charge on any atom is 0.133 e. The molecule has 0 radical (unpaired) electrons. The van der Waals surface area contributed by atoms with Crippen LogP contribution in [-0.2, 0) is 16.0 Å². The summed E-state index contributed by atoms with van der Waals surface area (Å²) in [6.45, 7) is 8.96. The van der Waals surface area contributed by atoms with Crippen LogP contribution in [0, 0.1) is 12.3 Å². The summed E-state index contributed by atoms with van der Waals surface area (Å²) < 4.78 is 15.9. The molecule has 1 aromatic heterocycles. The van der Waals surface area contributed by atoms with Gasteiger partial charge in [-0.3, -0.25) is 9.80 Å². The SMILES string of the molecule is COCCN1CC2(CCN(Cc3cc(C)on3)CC2)CC1COC. The van der Waals surface area contributed by atoms with Crippen LogP contribution in [0.2, 0.25) is 0 Å². The van der Waals surface area contributed by atoms with Gasteiger partial charge in [0.2, 0.25) is 0 Å². The number of nitrogens with zero attached hydrogens (tertiary/aromatic N) is 3. The highest BCUT2D eigenvalue weighted by Crippen LogP contribution is 2.43. The lowest BCUT2D eigenvalue weighted by atomic mass is 9.76. The molecule has 0 aliphatic carbocycles. The molecule has 0 bridgehead atoms. The quantitative estimate of drug-likeness (QED) is 0.758. The van der Waals surface area contributed by atoms with Crippen LogP contribution in [0.3, 0.4) is 0 Å². The summed E-state index contributed by atoms with van der Waals surface area (Å²) in [4.78, 5) is 5.08. The van der Waals surface area contributed by atoms with Crippen LogP contribution in [0.5, 0.6) is 0 Å². The third kappa shape index (κ3) is 4.17. The van der Waals surface area contributed by atoms with Gasteiger partial charge in [-0.05, 0) is 44.7 Å². The number of aromatic nitrogens is 1. The summed E-state index contributed by atoms with van der Waals surface area (Å²) in [6, 6.07) is 2.58. The smallest absolute Gasteiger partial charge is 0.133 e. The lowest BCUT2D eigenvalue weighted by Crippen LogP contribution is -2.41. The topological polar surface area (TPSA) is 51.0 Å². The Balaban J connectivity index is 1.54. The Bertz CT molecular complexity index is 511. The highest BCUT2D eigenvalue weighted by molar-refractivity contribution is 5.04. The van der Waals surface area contributed by atoms with Crippen molar-refractivity contribution in [2.75, 3.05) is 53.6 Å². The number of hydrogen-bond donors (Lipinski definition) is 0. The Morgan fingerprint density at radius 1 is 1.29 bits per heavy atom. The van der Waals surface area contributed by atoms with Gasteiger partial charge in [0.15, 0.2) is 0 Å². The number of likely N-dealkylation sites (tertiary alicyclic amines) is 2. The fourth-order valence-corrected chi connectivity index (χ4v) is 4.35. The number of hydrogen-bond acceptors (Lipinski definition) is 6. The molecule has 136 valence electrons. The molecule has 2 aliphatic heterocycles. The first kappa shape index (κ1) is 17.9. The molecule has 1 unspecified atom stereocenters. The standard InChI is InChI=1S/C18H31N3O3/c1-15-10-16(19-24-15)12-20-6-4-18(5-7-20)11-17(13-23-3)21(14-18)8-9-22-2/h10,17H,4-9,11-14H2,1-3H3. The van der Waals surface area contributed by atoms with E-state index in [2.05, 4.69) is 15.0 Å². The maximum absolute atomic E-state index is 5.46. The van der Waals surface area contributed by atoms with Crippen LogP contribution in [-0.4, -0.2) is 74.6 Å². The van der Waals surface area contributed by atoms with E-state index < -0.39 is 0 Å². The second-order valence-electron chi connectivity index (χ2n) is 7.48. The van der Waals surface area contributed by atoms with Crippen molar-refractivity contribution < 1.29 is 14.0 Å². The van der Waals surface area contributed by atoms with Gasteiger partial charge in [-0.1, -0.05) is 5.16 Å². The highest BCUT2D eigenvalue weighted by Gasteiger charge is 2.45. The molecule has 1 spiro atoms. The maximum atomic E-state index is 5.46. The van der Waals surface area contributed by atoms with E-state index in [0.717, 1.165) is 50.8 Å². The molecular formula is C18H31N3O3. The number of methoxy groups -OCH3 is 2. The lowest BCUT2D eigenvalue weighted by Gasteiger charge is -2.39. The molecule has 0 saturated carbocycles. The van der Waals surface area contributed by atoms with Crippen molar-refractivity contribution in [1.29, 1.82) is 0 Å². The van der Waals surface area contributed by atoms with E-state index in [1.165, 1.54) is 25.8 Å². The van der Waals surface area contributed by atoms with Gasteiger partial charge in [0.05, 0.1) is 18.9 Å². The van der Waals surface area contributed by atoms with Gasteiger partial charge in [0.25, 0.3) is 0 Å². The van der Waals surface area contributed by atoms with Crippen LogP contribution in [0.1, 0.15) is 30.7 Å². The van der Waals surface area contributed by atoms with Crippen LogP contribution in [0.25, 0.3) is 0 Å². The van der Waals surface area contributed by atoms with Crippen LogP contribution in [0.4, 0.5) is 0 Å². The van der Waals surface area contributed by atoms with E-state index in [4.69, 9.17) is 14.0 Å². The third-order valence-electron chi connectivity index (χ3n) is 5.64. The van der Waals surface area contributed by atoms with Gasteiger partial charge < -0.3 is 14.0 Å². The second-order valence-corrected chi connectivity index (χ2v) is 7.48. The van der Waals surface area contributed by atoms with Crippen LogP contribution < -0.4 is 0 Å². The highest BCUT2D eigenvalue weighted by atomic mass is 16.5. The molecule has 0 amide bonds. The van der Waals surface area contributed by atoms with Crippen molar-refractivity contribution in [3.05, 3.63) is 17.5 Å². The first-order valence-electron chi connectivity index (χ1n) is 9.01. The average molecular weight is 337 g/mol. The molecule has 1 aromatic rings. The largest absolute Gasteiger partial charge is 0.383 e. The van der Waals surface area contributed by atoms with Gasteiger partial charge in [-0.15, -0.1) is 0 Å². The van der Waals surface area contributed by atoms with E-state index in [0.29, 0.717) is 11.5 Å². The predicted octanol–water partition coefficient (Wildman–Crippen LogP) is 1.93. The minimum absolute atomic E-state index is 0.452. The Morgan fingerprint density at radius 3 is 2.71 bits per heavy atom. The van der Waals surface area contributed by atoms with Crippen molar-refractivity contribution in [3.8, 4) is 0 Å². The molecule has 2 saturated heterocycles. The van der Waals surface area contributed by atoms with Crippen molar-refractivity contribution in [2.45, 2.75) is 38.8 Å². The molecule has 0 N–H and O–H groups in total. The van der Waals surface area contributed by atoms with Crippen LogP contribution in [0.15, 0.2) is 10.6 Å². The van der Waals surface area contributed by atoms with Gasteiger partial charge in [-0.2, -0.15) is 0 Å². The summed E-state index contributed by atoms with van der Waals surface area (Å²) >= 11 is 0. The molecule has 2 aliphatic rings. The molecule has 6 heteroatoms. The zero-order valence-corrected chi connectivity index (χ0v) is 15.3. The first-order chi connectivity index (χ1) is 11.6. The molecular weight excluding hydrogens is 306 g/mol. The Hall–Kier alpha value is -0.950. The number of rotatable bonds is 7. The summed E-state index contributed by atoms with van der Waals surface area (Å²) in [6.07, 6.45) is 3.77. The van der Waals surface area contributed by atoms with E-state index in [9.17, 15) is 0 Å². The lowest BCUT2D eigenvalue weighted by molar-refractivity contribution is 0.0854. The van der Waals surface area contributed by atoms with Gasteiger partial charge in [-0.25, -0.2) is 0 Å². The van der Waals surface area contributed by atoms with Crippen molar-refractivity contribution in [3.63, 3.8) is 0 Å². The fraction of sp³-hybridized carbons (Fsp3) is 0.833. The average Bonchev–Trinajstić information content (AvgIpc) is 3.12. The molecule has 24 heavy (non-hydrogen) atoms. The summed E-state index contributed by atoms with van der Waals surface area (Å²) in [5.74, 6) is 0.894. The monoisotopic (exact) mass is 337 g/mol. The van der Waals surface area contributed by atoms with Gasteiger partial charge >= 0.3 is 0 Å². The van der Waals surface area contributed by atoms with Crippen molar-refractivity contribution in [1.82, 2.24) is 15.0 Å². The van der Waals surface area contributed by atoms with Gasteiger partial charge in [0.1, 0.15) is 5.76 Å². The van der Waals surface area contributed by atoms with Crippen molar-refractivity contribution >= 4 is 0 Å².